The minimum atomic E-state index is -3.76. The molecule has 1 amide bonds. The van der Waals surface area contributed by atoms with E-state index in [-0.39, 0.29) is 10.8 Å². The number of aromatic nitrogens is 3. The van der Waals surface area contributed by atoms with Crippen LogP contribution in [0.15, 0.2) is 72.1 Å². The van der Waals surface area contributed by atoms with Gasteiger partial charge in [-0.2, -0.15) is 9.40 Å². The number of carbonyl (C=O) groups is 1. The number of carbonyl (C=O) groups excluding carboxylic acids is 1. The van der Waals surface area contributed by atoms with Crippen molar-refractivity contribution in [3.8, 4) is 5.75 Å². The van der Waals surface area contributed by atoms with Gasteiger partial charge in [-0.15, -0.1) is 0 Å². The highest BCUT2D eigenvalue weighted by Gasteiger charge is 2.37. The number of hydrogen-bond acceptors (Lipinski definition) is 6. The second-order valence-corrected chi connectivity index (χ2v) is 9.36. The van der Waals surface area contributed by atoms with Crippen molar-refractivity contribution in [3.63, 3.8) is 0 Å². The molecule has 0 spiro atoms. The lowest BCUT2D eigenvalue weighted by Crippen LogP contribution is -2.49. The van der Waals surface area contributed by atoms with Crippen LogP contribution in [-0.2, 0) is 21.4 Å². The lowest BCUT2D eigenvalue weighted by Gasteiger charge is -2.33. The summed E-state index contributed by atoms with van der Waals surface area (Å²) in [6, 6.07) is 14.5. The molecule has 0 bridgehead atoms. The molecule has 1 unspecified atom stereocenters. The number of benzene rings is 2. The molecule has 4 rings (SSSR count). The van der Waals surface area contributed by atoms with Crippen molar-refractivity contribution in [2.24, 2.45) is 0 Å². The standard InChI is InChI=1S/C22H25N5O4S/c28-22(21-11-4-5-12-27(21)32(29,30)20-9-2-1-3-10-20)25-18-7-6-8-19(15-18)31-14-13-26-17-23-16-24-26/h1-3,6-10,15-17,21H,4-5,11-14H2,(H,25,28). The summed E-state index contributed by atoms with van der Waals surface area (Å²) in [6.45, 7) is 1.26. The van der Waals surface area contributed by atoms with E-state index in [0.717, 1.165) is 12.8 Å². The Morgan fingerprint density at radius 3 is 2.75 bits per heavy atom. The van der Waals surface area contributed by atoms with Crippen LogP contribution in [0.4, 0.5) is 5.69 Å². The number of nitrogens with one attached hydrogen (secondary N) is 1. The monoisotopic (exact) mass is 455 g/mol. The maximum atomic E-state index is 13.1. The van der Waals surface area contributed by atoms with Crippen molar-refractivity contribution in [1.82, 2.24) is 19.1 Å². The maximum absolute atomic E-state index is 13.1. The van der Waals surface area contributed by atoms with Crippen LogP contribution in [-0.4, -0.2) is 52.6 Å². The molecule has 1 saturated heterocycles. The SMILES string of the molecule is O=C(Nc1cccc(OCCn2cncn2)c1)C1CCCCN1S(=O)(=O)c1ccccc1. The fourth-order valence-electron chi connectivity index (χ4n) is 3.68. The first-order valence-corrected chi connectivity index (χ1v) is 11.9. The maximum Gasteiger partial charge on any atom is 0.243 e. The highest BCUT2D eigenvalue weighted by atomic mass is 32.2. The summed E-state index contributed by atoms with van der Waals surface area (Å²) in [5, 5.41) is 6.88. The van der Waals surface area contributed by atoms with Gasteiger partial charge in [-0.25, -0.2) is 18.1 Å². The van der Waals surface area contributed by atoms with Crippen LogP contribution in [0, 0.1) is 0 Å². The largest absolute Gasteiger partial charge is 0.492 e. The normalized spacial score (nSPS) is 17.1. The Morgan fingerprint density at radius 1 is 1.12 bits per heavy atom. The molecular formula is C22H25N5O4S. The Hall–Kier alpha value is -3.24. The van der Waals surface area contributed by atoms with E-state index < -0.39 is 16.1 Å². The Morgan fingerprint density at radius 2 is 1.97 bits per heavy atom. The summed E-state index contributed by atoms with van der Waals surface area (Å²) in [7, 11) is -3.76. The molecule has 1 N–H and O–H groups in total. The van der Waals surface area contributed by atoms with Gasteiger partial charge in [-0.3, -0.25) is 4.79 Å². The van der Waals surface area contributed by atoms with Crippen LogP contribution in [0.2, 0.25) is 0 Å². The van der Waals surface area contributed by atoms with Gasteiger partial charge in [0.25, 0.3) is 0 Å². The molecule has 3 aromatic rings. The lowest BCUT2D eigenvalue weighted by molar-refractivity contribution is -0.120. The average Bonchev–Trinajstić information content (AvgIpc) is 3.33. The van der Waals surface area contributed by atoms with Gasteiger partial charge in [0.1, 0.15) is 31.1 Å². The number of ether oxygens (including phenoxy) is 1. The molecule has 1 fully saturated rings. The first-order valence-electron chi connectivity index (χ1n) is 10.5. The predicted octanol–water partition coefficient (Wildman–Crippen LogP) is 2.54. The van der Waals surface area contributed by atoms with E-state index in [9.17, 15) is 13.2 Å². The van der Waals surface area contributed by atoms with E-state index >= 15 is 0 Å². The molecule has 0 saturated carbocycles. The van der Waals surface area contributed by atoms with Crippen molar-refractivity contribution >= 4 is 21.6 Å². The van der Waals surface area contributed by atoms with E-state index in [0.29, 0.717) is 37.6 Å². The number of rotatable bonds is 8. The summed E-state index contributed by atoms with van der Waals surface area (Å²) in [5.74, 6) is 0.254. The van der Waals surface area contributed by atoms with Gasteiger partial charge in [0.05, 0.1) is 11.4 Å². The number of hydrogen-bond donors (Lipinski definition) is 1. The molecule has 1 aromatic heterocycles. The summed E-state index contributed by atoms with van der Waals surface area (Å²) in [6.07, 6.45) is 5.07. The Labute approximate surface area is 187 Å². The molecule has 1 aliphatic heterocycles. The van der Waals surface area contributed by atoms with Crippen LogP contribution in [0.1, 0.15) is 19.3 Å². The van der Waals surface area contributed by atoms with Gasteiger partial charge >= 0.3 is 0 Å². The van der Waals surface area contributed by atoms with Crippen molar-refractivity contribution in [3.05, 3.63) is 67.3 Å². The second kappa shape index (κ2) is 9.92. The van der Waals surface area contributed by atoms with Crippen LogP contribution in [0.5, 0.6) is 5.75 Å². The van der Waals surface area contributed by atoms with Crippen molar-refractivity contribution in [1.29, 1.82) is 0 Å². The minimum absolute atomic E-state index is 0.197. The highest BCUT2D eigenvalue weighted by Crippen LogP contribution is 2.27. The first-order chi connectivity index (χ1) is 15.5. The van der Waals surface area contributed by atoms with Gasteiger partial charge in [0.15, 0.2) is 0 Å². The highest BCUT2D eigenvalue weighted by molar-refractivity contribution is 7.89. The summed E-state index contributed by atoms with van der Waals surface area (Å²) >= 11 is 0. The van der Waals surface area contributed by atoms with Gasteiger partial charge in [0.2, 0.25) is 15.9 Å². The average molecular weight is 456 g/mol. The van der Waals surface area contributed by atoms with E-state index in [2.05, 4.69) is 15.4 Å². The summed E-state index contributed by atoms with van der Waals surface area (Å²) in [5.41, 5.74) is 0.552. The van der Waals surface area contributed by atoms with Gasteiger partial charge in [-0.05, 0) is 37.1 Å². The minimum Gasteiger partial charge on any atom is -0.492 e. The Bertz CT molecular complexity index is 1140. The number of amides is 1. The zero-order valence-electron chi connectivity index (χ0n) is 17.5. The zero-order chi connectivity index (χ0) is 22.4. The van der Waals surface area contributed by atoms with Gasteiger partial charge < -0.3 is 10.1 Å². The van der Waals surface area contributed by atoms with Crippen molar-refractivity contribution in [2.75, 3.05) is 18.5 Å². The third-order valence-corrected chi connectivity index (χ3v) is 7.19. The molecule has 1 atom stereocenters. The van der Waals surface area contributed by atoms with E-state index in [1.165, 1.54) is 10.6 Å². The number of sulfonamides is 1. The molecule has 10 heteroatoms. The lowest BCUT2D eigenvalue weighted by atomic mass is 10.0. The summed E-state index contributed by atoms with van der Waals surface area (Å²) < 4.78 is 35.0. The van der Waals surface area contributed by atoms with Crippen LogP contribution < -0.4 is 10.1 Å². The zero-order valence-corrected chi connectivity index (χ0v) is 18.3. The van der Waals surface area contributed by atoms with Crippen LogP contribution >= 0.6 is 0 Å². The van der Waals surface area contributed by atoms with E-state index in [4.69, 9.17) is 4.74 Å². The molecule has 1 aliphatic rings. The molecule has 9 nitrogen and oxygen atoms in total. The third kappa shape index (κ3) is 5.14. The van der Waals surface area contributed by atoms with E-state index in [1.807, 2.05) is 0 Å². The topological polar surface area (TPSA) is 106 Å². The fraction of sp³-hybridized carbons (Fsp3) is 0.318. The molecular weight excluding hydrogens is 430 g/mol. The van der Waals surface area contributed by atoms with E-state index in [1.54, 1.807) is 65.6 Å². The Balaban J connectivity index is 1.43. The number of piperidine rings is 1. The quantitative estimate of drug-likeness (QED) is 0.559. The predicted molar refractivity (Wildman–Crippen MR) is 119 cm³/mol. The molecule has 2 aromatic carbocycles. The van der Waals surface area contributed by atoms with Gasteiger partial charge in [0, 0.05) is 18.3 Å². The first kappa shape index (κ1) is 22.0. The molecule has 2 heterocycles. The number of nitrogens with zero attached hydrogens (tertiary/aromatic N) is 4. The van der Waals surface area contributed by atoms with Crippen molar-refractivity contribution < 1.29 is 17.9 Å². The molecule has 0 aliphatic carbocycles. The molecule has 168 valence electrons. The summed E-state index contributed by atoms with van der Waals surface area (Å²) in [4.78, 5) is 17.1. The smallest absolute Gasteiger partial charge is 0.243 e. The fourth-order valence-corrected chi connectivity index (χ4v) is 5.35. The number of anilines is 1. The second-order valence-electron chi connectivity index (χ2n) is 7.46. The van der Waals surface area contributed by atoms with Crippen LogP contribution in [0.25, 0.3) is 0 Å². The van der Waals surface area contributed by atoms with Gasteiger partial charge in [-0.1, -0.05) is 30.7 Å². The van der Waals surface area contributed by atoms with Crippen molar-refractivity contribution in [2.45, 2.75) is 36.7 Å². The molecule has 0 radical (unpaired) electrons. The van der Waals surface area contributed by atoms with Crippen LogP contribution in [0.3, 0.4) is 0 Å². The third-order valence-electron chi connectivity index (χ3n) is 5.26. The Kier molecular flexibility index (Phi) is 6.81. The molecule has 32 heavy (non-hydrogen) atoms.